The van der Waals surface area contributed by atoms with Crippen LogP contribution < -0.4 is 4.90 Å². The van der Waals surface area contributed by atoms with Crippen molar-refractivity contribution >= 4 is 16.7 Å². The van der Waals surface area contributed by atoms with Crippen LogP contribution in [0.5, 0.6) is 0 Å². The van der Waals surface area contributed by atoms with Crippen LogP contribution in [0.15, 0.2) is 36.5 Å². The number of rotatable bonds is 3. The summed E-state index contributed by atoms with van der Waals surface area (Å²) in [7, 11) is 0. The van der Waals surface area contributed by atoms with E-state index < -0.39 is 0 Å². The summed E-state index contributed by atoms with van der Waals surface area (Å²) in [5, 5.41) is 1.25. The third-order valence-electron chi connectivity index (χ3n) is 5.41. The fraction of sp³-hybridized carbons (Fsp3) is 0.381. The standard InChI is InChI=1S/C21H24FN3/c1-15-16(2)25(14-17-7-6-8-18(22)13-17)20-19(15)9-10-23-21(20)24-11-4-3-5-12-24/h6-10,13H,3-5,11-12,14H2,1-2H3. The van der Waals surface area contributed by atoms with Gasteiger partial charge in [-0.2, -0.15) is 0 Å². The van der Waals surface area contributed by atoms with Crippen LogP contribution >= 0.6 is 0 Å². The van der Waals surface area contributed by atoms with Crippen molar-refractivity contribution in [1.82, 2.24) is 9.55 Å². The van der Waals surface area contributed by atoms with Gasteiger partial charge in [-0.1, -0.05) is 12.1 Å². The lowest BCUT2D eigenvalue weighted by atomic mass is 10.1. The summed E-state index contributed by atoms with van der Waals surface area (Å²) in [5.74, 6) is 0.891. The van der Waals surface area contributed by atoms with Crippen molar-refractivity contribution < 1.29 is 4.39 Å². The van der Waals surface area contributed by atoms with Crippen LogP contribution in [0, 0.1) is 19.7 Å². The Morgan fingerprint density at radius 1 is 1.08 bits per heavy atom. The topological polar surface area (TPSA) is 21.1 Å². The number of aryl methyl sites for hydroxylation is 1. The monoisotopic (exact) mass is 337 g/mol. The van der Waals surface area contributed by atoms with Gasteiger partial charge >= 0.3 is 0 Å². The molecule has 130 valence electrons. The minimum absolute atomic E-state index is 0.183. The van der Waals surface area contributed by atoms with Gasteiger partial charge in [-0.3, -0.25) is 0 Å². The van der Waals surface area contributed by atoms with Crippen LogP contribution in [-0.2, 0) is 6.54 Å². The van der Waals surface area contributed by atoms with Gasteiger partial charge in [0, 0.05) is 36.9 Å². The Morgan fingerprint density at radius 2 is 1.88 bits per heavy atom. The van der Waals surface area contributed by atoms with Crippen LogP contribution in [0.2, 0.25) is 0 Å². The molecule has 1 aliphatic heterocycles. The Balaban J connectivity index is 1.86. The highest BCUT2D eigenvalue weighted by Crippen LogP contribution is 2.33. The molecule has 0 spiro atoms. The third-order valence-corrected chi connectivity index (χ3v) is 5.41. The normalized spacial score (nSPS) is 15.1. The summed E-state index contributed by atoms with van der Waals surface area (Å²) < 4.78 is 15.9. The molecular formula is C21H24FN3. The molecule has 1 aliphatic rings. The summed E-state index contributed by atoms with van der Waals surface area (Å²) in [6, 6.07) is 8.99. The molecular weight excluding hydrogens is 313 g/mol. The molecule has 0 aliphatic carbocycles. The van der Waals surface area contributed by atoms with Crippen molar-refractivity contribution in [3.05, 3.63) is 59.2 Å². The van der Waals surface area contributed by atoms with Crippen LogP contribution in [0.4, 0.5) is 10.2 Å². The number of aromatic nitrogens is 2. The van der Waals surface area contributed by atoms with Gasteiger partial charge in [0.05, 0.1) is 5.52 Å². The molecule has 0 N–H and O–H groups in total. The number of benzene rings is 1. The molecule has 0 unspecified atom stereocenters. The maximum absolute atomic E-state index is 13.6. The lowest BCUT2D eigenvalue weighted by molar-refractivity contribution is 0.573. The van der Waals surface area contributed by atoms with E-state index in [2.05, 4.69) is 29.4 Å². The van der Waals surface area contributed by atoms with E-state index in [4.69, 9.17) is 4.98 Å². The van der Waals surface area contributed by atoms with Gasteiger partial charge < -0.3 is 9.47 Å². The summed E-state index contributed by atoms with van der Waals surface area (Å²) >= 11 is 0. The number of fused-ring (bicyclic) bond motifs is 1. The smallest absolute Gasteiger partial charge is 0.153 e. The lowest BCUT2D eigenvalue weighted by Crippen LogP contribution is -2.30. The molecule has 1 saturated heterocycles. The summed E-state index contributed by atoms with van der Waals surface area (Å²) in [6.45, 7) is 7.11. The number of nitrogens with zero attached hydrogens (tertiary/aromatic N) is 3. The predicted octanol–water partition coefficient (Wildman–Crippen LogP) is 4.83. The Morgan fingerprint density at radius 3 is 2.64 bits per heavy atom. The predicted molar refractivity (Wildman–Crippen MR) is 101 cm³/mol. The van der Waals surface area contributed by atoms with Gasteiger partial charge in [-0.15, -0.1) is 0 Å². The maximum Gasteiger partial charge on any atom is 0.153 e. The summed E-state index contributed by atoms with van der Waals surface area (Å²) in [6.07, 6.45) is 5.67. The summed E-state index contributed by atoms with van der Waals surface area (Å²) in [4.78, 5) is 7.15. The van der Waals surface area contributed by atoms with Gasteiger partial charge in [0.1, 0.15) is 5.82 Å². The van der Waals surface area contributed by atoms with Crippen molar-refractivity contribution in [3.8, 4) is 0 Å². The first-order valence-electron chi connectivity index (χ1n) is 9.09. The third kappa shape index (κ3) is 2.90. The van der Waals surface area contributed by atoms with Gasteiger partial charge in [0.15, 0.2) is 5.82 Å². The van der Waals surface area contributed by atoms with E-state index in [1.165, 1.54) is 47.5 Å². The molecule has 25 heavy (non-hydrogen) atoms. The van der Waals surface area contributed by atoms with E-state index in [-0.39, 0.29) is 5.82 Å². The molecule has 4 heteroatoms. The molecule has 3 nitrogen and oxygen atoms in total. The lowest BCUT2D eigenvalue weighted by Gasteiger charge is -2.28. The first-order chi connectivity index (χ1) is 12.1. The van der Waals surface area contributed by atoms with Gasteiger partial charge in [-0.25, -0.2) is 9.37 Å². The zero-order valence-electron chi connectivity index (χ0n) is 14.9. The highest BCUT2D eigenvalue weighted by atomic mass is 19.1. The Labute approximate surface area is 148 Å². The average Bonchev–Trinajstić information content (AvgIpc) is 2.88. The second-order valence-electron chi connectivity index (χ2n) is 7.00. The number of hydrogen-bond donors (Lipinski definition) is 0. The van der Waals surface area contributed by atoms with Crippen LogP contribution in [0.1, 0.15) is 36.1 Å². The molecule has 0 radical (unpaired) electrons. The summed E-state index contributed by atoms with van der Waals surface area (Å²) in [5.41, 5.74) is 4.68. The molecule has 0 saturated carbocycles. The molecule has 3 heterocycles. The molecule has 1 fully saturated rings. The second-order valence-corrected chi connectivity index (χ2v) is 7.00. The van der Waals surface area contributed by atoms with Crippen molar-refractivity contribution in [3.63, 3.8) is 0 Å². The molecule has 0 amide bonds. The van der Waals surface area contributed by atoms with Gasteiger partial charge in [0.2, 0.25) is 0 Å². The zero-order valence-corrected chi connectivity index (χ0v) is 14.9. The quantitative estimate of drug-likeness (QED) is 0.682. The van der Waals surface area contributed by atoms with Crippen LogP contribution in [0.3, 0.4) is 0 Å². The molecule has 4 rings (SSSR count). The van der Waals surface area contributed by atoms with Crippen molar-refractivity contribution in [2.45, 2.75) is 39.7 Å². The Kier molecular flexibility index (Phi) is 4.20. The highest BCUT2D eigenvalue weighted by Gasteiger charge is 2.20. The van der Waals surface area contributed by atoms with E-state index in [9.17, 15) is 4.39 Å². The Bertz CT molecular complexity index is 907. The van der Waals surface area contributed by atoms with Crippen molar-refractivity contribution in [2.75, 3.05) is 18.0 Å². The second kappa shape index (κ2) is 6.51. The first kappa shape index (κ1) is 16.1. The molecule has 0 bridgehead atoms. The van der Waals surface area contributed by atoms with E-state index in [0.717, 1.165) is 24.5 Å². The van der Waals surface area contributed by atoms with Crippen LogP contribution in [-0.4, -0.2) is 22.6 Å². The number of halogens is 1. The van der Waals surface area contributed by atoms with E-state index in [0.29, 0.717) is 6.54 Å². The zero-order chi connectivity index (χ0) is 17.4. The fourth-order valence-electron chi connectivity index (χ4n) is 3.93. The number of pyridine rings is 1. The first-order valence-corrected chi connectivity index (χ1v) is 9.09. The van der Waals surface area contributed by atoms with Gasteiger partial charge in [0.25, 0.3) is 0 Å². The molecule has 0 atom stereocenters. The molecule has 2 aromatic heterocycles. The minimum atomic E-state index is -0.183. The Hall–Kier alpha value is -2.36. The van der Waals surface area contributed by atoms with E-state index >= 15 is 0 Å². The van der Waals surface area contributed by atoms with Crippen molar-refractivity contribution in [2.24, 2.45) is 0 Å². The van der Waals surface area contributed by atoms with Crippen LogP contribution in [0.25, 0.3) is 10.9 Å². The fourth-order valence-corrected chi connectivity index (χ4v) is 3.93. The largest absolute Gasteiger partial charge is 0.355 e. The molecule has 3 aromatic rings. The number of piperidine rings is 1. The minimum Gasteiger partial charge on any atom is -0.355 e. The number of anilines is 1. The van der Waals surface area contributed by atoms with Crippen molar-refractivity contribution in [1.29, 1.82) is 0 Å². The maximum atomic E-state index is 13.6. The number of hydrogen-bond acceptors (Lipinski definition) is 2. The van der Waals surface area contributed by atoms with Gasteiger partial charge in [-0.05, 0) is 62.4 Å². The van der Waals surface area contributed by atoms with E-state index in [1.807, 2.05) is 12.3 Å². The highest BCUT2D eigenvalue weighted by molar-refractivity contribution is 5.93. The average molecular weight is 337 g/mol. The SMILES string of the molecule is Cc1c(C)n(Cc2cccc(F)c2)c2c(N3CCCCC3)nccc12. The molecule has 1 aromatic carbocycles. The van der Waals surface area contributed by atoms with E-state index in [1.54, 1.807) is 12.1 Å².